The van der Waals surface area contributed by atoms with Crippen molar-refractivity contribution in [2.75, 3.05) is 32.1 Å². The Morgan fingerprint density at radius 2 is 1.97 bits per heavy atom. The molecule has 37 heavy (non-hydrogen) atoms. The van der Waals surface area contributed by atoms with Crippen LogP contribution in [0.25, 0.3) is 11.0 Å². The van der Waals surface area contributed by atoms with Gasteiger partial charge in [0.2, 0.25) is 5.91 Å². The van der Waals surface area contributed by atoms with Crippen LogP contribution in [0.2, 0.25) is 0 Å². The van der Waals surface area contributed by atoms with Crippen LogP contribution < -0.4 is 20.9 Å². The number of hydrogen-bond donors (Lipinski definition) is 2. The summed E-state index contributed by atoms with van der Waals surface area (Å²) in [7, 11) is 1.58. The third-order valence-electron chi connectivity index (χ3n) is 6.83. The van der Waals surface area contributed by atoms with Gasteiger partial charge in [-0.3, -0.25) is 14.6 Å². The standard InChI is InChI=1S/C26H30N6O5/c1-36-20-14-22-21(27-16-20)5-7-24(34)32(22)13-12-31-10-8-19(9-11-31)37-26(35)28-15-18-4-2-17-3-6-23(33)30-25(17)29-18/h2,4-5,7,14,16,19H,3,6,8-13,15H2,1H3,(H,28,35)(H,29,30,33). The number of aromatic nitrogens is 3. The van der Waals surface area contributed by atoms with E-state index < -0.39 is 6.09 Å². The van der Waals surface area contributed by atoms with E-state index in [4.69, 9.17) is 9.47 Å². The van der Waals surface area contributed by atoms with Gasteiger partial charge in [0.1, 0.15) is 17.7 Å². The summed E-state index contributed by atoms with van der Waals surface area (Å²) >= 11 is 0. The zero-order valence-electron chi connectivity index (χ0n) is 20.7. The van der Waals surface area contributed by atoms with Gasteiger partial charge in [-0.15, -0.1) is 0 Å². The molecule has 2 amide bonds. The van der Waals surface area contributed by atoms with Crippen molar-refractivity contribution in [3.63, 3.8) is 0 Å². The zero-order chi connectivity index (χ0) is 25.8. The molecular formula is C26H30N6O5. The van der Waals surface area contributed by atoms with E-state index in [0.29, 0.717) is 43.2 Å². The molecule has 0 atom stereocenters. The molecule has 0 bridgehead atoms. The Hall–Kier alpha value is -3.99. The van der Waals surface area contributed by atoms with Crippen molar-refractivity contribution in [1.29, 1.82) is 0 Å². The minimum atomic E-state index is -0.481. The summed E-state index contributed by atoms with van der Waals surface area (Å²) in [6, 6.07) is 8.87. The molecule has 2 N–H and O–H groups in total. The van der Waals surface area contributed by atoms with Gasteiger partial charge in [0, 0.05) is 44.7 Å². The first-order chi connectivity index (χ1) is 18.0. The lowest BCUT2D eigenvalue weighted by Gasteiger charge is -2.31. The molecule has 1 saturated heterocycles. The number of nitrogens with zero attached hydrogens (tertiary/aromatic N) is 4. The number of carbonyl (C=O) groups excluding carboxylic acids is 2. The molecular weight excluding hydrogens is 476 g/mol. The van der Waals surface area contributed by atoms with Crippen LogP contribution in [-0.4, -0.2) is 64.3 Å². The molecule has 0 aromatic carbocycles. The summed E-state index contributed by atoms with van der Waals surface area (Å²) in [4.78, 5) is 47.5. The molecule has 2 aliphatic heterocycles. The monoisotopic (exact) mass is 506 g/mol. The van der Waals surface area contributed by atoms with Crippen molar-refractivity contribution in [2.45, 2.75) is 44.9 Å². The van der Waals surface area contributed by atoms with Crippen molar-refractivity contribution < 1.29 is 19.1 Å². The fourth-order valence-corrected chi connectivity index (χ4v) is 4.72. The second kappa shape index (κ2) is 11.0. The maximum Gasteiger partial charge on any atom is 0.407 e. The molecule has 194 valence electrons. The average molecular weight is 507 g/mol. The summed E-state index contributed by atoms with van der Waals surface area (Å²) in [5.41, 5.74) is 3.07. The molecule has 11 nitrogen and oxygen atoms in total. The lowest BCUT2D eigenvalue weighted by molar-refractivity contribution is -0.116. The first-order valence-electron chi connectivity index (χ1n) is 12.5. The number of nitrogens with one attached hydrogen (secondary N) is 2. The number of carbonyl (C=O) groups is 2. The maximum absolute atomic E-state index is 12.5. The van der Waals surface area contributed by atoms with Gasteiger partial charge in [-0.2, -0.15) is 0 Å². The highest BCUT2D eigenvalue weighted by Crippen LogP contribution is 2.21. The van der Waals surface area contributed by atoms with Gasteiger partial charge in [-0.05, 0) is 37.0 Å². The first-order valence-corrected chi connectivity index (χ1v) is 12.5. The minimum Gasteiger partial charge on any atom is -0.495 e. The Labute approximate surface area is 213 Å². The van der Waals surface area contributed by atoms with Crippen molar-refractivity contribution >= 4 is 28.9 Å². The topological polar surface area (TPSA) is 128 Å². The number of pyridine rings is 3. The summed E-state index contributed by atoms with van der Waals surface area (Å²) in [5.74, 6) is 1.13. The molecule has 0 spiro atoms. The van der Waals surface area contributed by atoms with Crippen LogP contribution in [-0.2, 0) is 29.0 Å². The Kier molecular flexibility index (Phi) is 7.31. The molecule has 5 heterocycles. The normalized spacial score (nSPS) is 16.2. The van der Waals surface area contributed by atoms with Gasteiger partial charge in [-0.25, -0.2) is 9.78 Å². The van der Waals surface area contributed by atoms with Crippen LogP contribution in [0.1, 0.15) is 30.5 Å². The van der Waals surface area contributed by atoms with Gasteiger partial charge in [0.05, 0.1) is 36.6 Å². The zero-order valence-corrected chi connectivity index (χ0v) is 20.7. The fourth-order valence-electron chi connectivity index (χ4n) is 4.72. The number of alkyl carbamates (subject to hydrolysis) is 1. The summed E-state index contributed by atoms with van der Waals surface area (Å²) < 4.78 is 12.6. The number of ether oxygens (including phenoxy) is 2. The molecule has 0 aliphatic carbocycles. The summed E-state index contributed by atoms with van der Waals surface area (Å²) in [6.45, 7) is 3.00. The van der Waals surface area contributed by atoms with Crippen LogP contribution in [0.4, 0.5) is 10.6 Å². The van der Waals surface area contributed by atoms with E-state index in [9.17, 15) is 14.4 Å². The quantitative estimate of drug-likeness (QED) is 0.499. The summed E-state index contributed by atoms with van der Waals surface area (Å²) in [6.07, 6.45) is 3.57. The van der Waals surface area contributed by atoms with Gasteiger partial charge in [0.15, 0.2) is 0 Å². The molecule has 3 aromatic heterocycles. The molecule has 0 unspecified atom stereocenters. The number of anilines is 1. The van der Waals surface area contributed by atoms with Crippen molar-refractivity contribution in [3.8, 4) is 5.75 Å². The summed E-state index contributed by atoms with van der Waals surface area (Å²) in [5, 5.41) is 5.52. The molecule has 11 heteroatoms. The lowest BCUT2D eigenvalue weighted by Crippen LogP contribution is -2.41. The van der Waals surface area contributed by atoms with E-state index in [-0.39, 0.29) is 24.1 Å². The number of fused-ring (bicyclic) bond motifs is 2. The number of aryl methyl sites for hydroxylation is 1. The van der Waals surface area contributed by atoms with Gasteiger partial charge < -0.3 is 29.6 Å². The lowest BCUT2D eigenvalue weighted by atomic mass is 10.1. The van der Waals surface area contributed by atoms with E-state index in [1.165, 1.54) is 6.07 Å². The fraction of sp³-hybridized carbons (Fsp3) is 0.423. The number of rotatable bonds is 7. The van der Waals surface area contributed by atoms with Gasteiger partial charge in [0.25, 0.3) is 5.56 Å². The van der Waals surface area contributed by atoms with Gasteiger partial charge in [-0.1, -0.05) is 6.07 Å². The molecule has 3 aromatic rings. The van der Waals surface area contributed by atoms with E-state index in [1.807, 2.05) is 18.2 Å². The highest BCUT2D eigenvalue weighted by molar-refractivity contribution is 5.92. The smallest absolute Gasteiger partial charge is 0.407 e. The Balaban J connectivity index is 1.08. The third kappa shape index (κ3) is 5.88. The van der Waals surface area contributed by atoms with Crippen molar-refractivity contribution in [2.24, 2.45) is 0 Å². The predicted molar refractivity (Wildman–Crippen MR) is 137 cm³/mol. The Morgan fingerprint density at radius 1 is 1.14 bits per heavy atom. The van der Waals surface area contributed by atoms with E-state index in [2.05, 4.69) is 25.5 Å². The molecule has 0 radical (unpaired) electrons. The van der Waals surface area contributed by atoms with Crippen LogP contribution in [0.5, 0.6) is 5.75 Å². The van der Waals surface area contributed by atoms with Gasteiger partial charge >= 0.3 is 6.09 Å². The van der Waals surface area contributed by atoms with E-state index >= 15 is 0 Å². The molecule has 1 fully saturated rings. The Bertz CT molecular complexity index is 1370. The van der Waals surface area contributed by atoms with Crippen molar-refractivity contribution in [3.05, 3.63) is 58.1 Å². The highest BCUT2D eigenvalue weighted by atomic mass is 16.6. The average Bonchev–Trinajstić information content (AvgIpc) is 2.91. The number of amides is 2. The number of likely N-dealkylation sites (tertiary alicyclic amines) is 1. The minimum absolute atomic E-state index is 0.0442. The van der Waals surface area contributed by atoms with E-state index in [1.54, 1.807) is 23.9 Å². The largest absolute Gasteiger partial charge is 0.495 e. The first kappa shape index (κ1) is 24.7. The van der Waals surface area contributed by atoms with Crippen LogP contribution in [0.15, 0.2) is 41.3 Å². The maximum atomic E-state index is 12.5. The van der Waals surface area contributed by atoms with Crippen molar-refractivity contribution in [1.82, 2.24) is 24.8 Å². The van der Waals surface area contributed by atoms with Crippen LogP contribution in [0.3, 0.4) is 0 Å². The molecule has 0 saturated carbocycles. The van der Waals surface area contributed by atoms with E-state index in [0.717, 1.165) is 42.5 Å². The van der Waals surface area contributed by atoms with Crippen LogP contribution >= 0.6 is 0 Å². The SMILES string of the molecule is COc1cnc2ccc(=O)n(CCN3CCC(OC(=O)NCc4ccc5c(n4)NC(=O)CC5)CC3)c2c1. The molecule has 2 aliphatic rings. The van der Waals surface area contributed by atoms with Crippen LogP contribution in [0, 0.1) is 0 Å². The number of hydrogen-bond acceptors (Lipinski definition) is 8. The predicted octanol–water partition coefficient (Wildman–Crippen LogP) is 2.08. The second-order valence-electron chi connectivity index (χ2n) is 9.26. The molecule has 5 rings (SSSR count). The Morgan fingerprint density at radius 3 is 2.78 bits per heavy atom. The highest BCUT2D eigenvalue weighted by Gasteiger charge is 2.23. The number of methoxy groups -OCH3 is 1. The second-order valence-corrected chi connectivity index (χ2v) is 9.26. The number of piperidine rings is 1. The third-order valence-corrected chi connectivity index (χ3v) is 6.83.